The summed E-state index contributed by atoms with van der Waals surface area (Å²) in [5.74, 6) is -1.77. The number of amides is 1. The van der Waals surface area contributed by atoms with E-state index in [0.717, 1.165) is 0 Å². The number of carbonyl (C=O) groups excluding carboxylic acids is 2. The molecule has 2 aromatic carbocycles. The first kappa shape index (κ1) is 19.1. The second-order valence-electron chi connectivity index (χ2n) is 6.69. The van der Waals surface area contributed by atoms with Gasteiger partial charge in [-0.3, -0.25) is 19.7 Å². The van der Waals surface area contributed by atoms with Crippen LogP contribution in [0.25, 0.3) is 5.76 Å². The van der Waals surface area contributed by atoms with Gasteiger partial charge in [-0.2, -0.15) is 0 Å². The number of Topliss-reactive ketones (excluding diaryl/α,β-unsaturated/α-hetero) is 1. The number of para-hydroxylation sites is 1. The second kappa shape index (κ2) is 7.67. The largest absolute Gasteiger partial charge is 0.507 e. The van der Waals surface area contributed by atoms with E-state index in [0.29, 0.717) is 11.3 Å². The Labute approximate surface area is 170 Å². The number of rotatable bonds is 5. The van der Waals surface area contributed by atoms with Gasteiger partial charge in [0.2, 0.25) is 0 Å². The van der Waals surface area contributed by atoms with Gasteiger partial charge in [0.25, 0.3) is 17.4 Å². The first-order valence-corrected chi connectivity index (χ1v) is 9.08. The van der Waals surface area contributed by atoms with Crippen LogP contribution < -0.4 is 0 Å². The maximum absolute atomic E-state index is 12.9. The van der Waals surface area contributed by atoms with Crippen molar-refractivity contribution in [3.63, 3.8) is 0 Å². The molecule has 0 spiro atoms. The van der Waals surface area contributed by atoms with Gasteiger partial charge in [-0.25, -0.2) is 0 Å². The summed E-state index contributed by atoms with van der Waals surface area (Å²) in [5, 5.41) is 22.5. The monoisotopic (exact) mass is 404 g/mol. The fourth-order valence-corrected chi connectivity index (χ4v) is 3.57. The molecule has 30 heavy (non-hydrogen) atoms. The molecule has 0 aliphatic carbocycles. The Morgan fingerprint density at radius 2 is 1.73 bits per heavy atom. The van der Waals surface area contributed by atoms with Crippen LogP contribution in [0, 0.1) is 10.1 Å². The van der Waals surface area contributed by atoms with Crippen molar-refractivity contribution in [1.29, 1.82) is 0 Å². The lowest BCUT2D eigenvalue weighted by atomic mass is 9.94. The molecule has 1 amide bonds. The minimum atomic E-state index is -1.14. The molecule has 4 rings (SSSR count). The van der Waals surface area contributed by atoms with Crippen molar-refractivity contribution in [2.75, 3.05) is 0 Å². The fourth-order valence-electron chi connectivity index (χ4n) is 3.57. The summed E-state index contributed by atoms with van der Waals surface area (Å²) in [6, 6.07) is 16.2. The zero-order chi connectivity index (χ0) is 21.3. The van der Waals surface area contributed by atoms with Crippen molar-refractivity contribution >= 4 is 23.1 Å². The predicted octanol–water partition coefficient (Wildman–Crippen LogP) is 3.81. The minimum absolute atomic E-state index is 0.0835. The van der Waals surface area contributed by atoms with Gasteiger partial charge in [0.05, 0.1) is 34.9 Å². The van der Waals surface area contributed by atoms with E-state index < -0.39 is 22.7 Å². The van der Waals surface area contributed by atoms with Crippen LogP contribution in [0.5, 0.6) is 0 Å². The molecule has 1 aliphatic heterocycles. The molecule has 1 aliphatic rings. The first-order chi connectivity index (χ1) is 14.5. The van der Waals surface area contributed by atoms with Crippen LogP contribution in [-0.2, 0) is 16.1 Å². The van der Waals surface area contributed by atoms with Crippen LogP contribution in [0.4, 0.5) is 5.69 Å². The van der Waals surface area contributed by atoms with Crippen LogP contribution in [-0.4, -0.2) is 26.6 Å². The number of aliphatic hydroxyl groups is 1. The number of hydrogen-bond donors (Lipinski definition) is 1. The number of nitrogens with zero attached hydrogens (tertiary/aromatic N) is 2. The lowest BCUT2D eigenvalue weighted by Crippen LogP contribution is -2.29. The Balaban J connectivity index is 1.94. The van der Waals surface area contributed by atoms with E-state index in [4.69, 9.17) is 4.42 Å². The first-order valence-electron chi connectivity index (χ1n) is 9.08. The number of nitro benzene ring substituents is 1. The van der Waals surface area contributed by atoms with Crippen LogP contribution in [0.2, 0.25) is 0 Å². The van der Waals surface area contributed by atoms with E-state index in [1.165, 1.54) is 29.4 Å². The van der Waals surface area contributed by atoms with Gasteiger partial charge in [0.1, 0.15) is 11.5 Å². The van der Waals surface area contributed by atoms with Crippen molar-refractivity contribution in [3.8, 4) is 0 Å². The molecule has 3 aromatic rings. The van der Waals surface area contributed by atoms with Crippen molar-refractivity contribution in [2.45, 2.75) is 12.6 Å². The Kier molecular flexibility index (Phi) is 4.89. The van der Waals surface area contributed by atoms with E-state index in [-0.39, 0.29) is 29.1 Å². The summed E-state index contributed by atoms with van der Waals surface area (Å²) in [6.07, 6.45) is 1.43. The van der Waals surface area contributed by atoms with Gasteiger partial charge >= 0.3 is 0 Å². The van der Waals surface area contributed by atoms with Gasteiger partial charge in [0.15, 0.2) is 0 Å². The average molecular weight is 404 g/mol. The lowest BCUT2D eigenvalue weighted by molar-refractivity contribution is -0.385. The molecular formula is C22H16N2O6. The SMILES string of the molecule is O=C1C(=O)N(Cc2ccco2)[C@H](c2ccccc2[N+](=O)[O-])C1=C(O)c1ccccc1. The van der Waals surface area contributed by atoms with Crippen LogP contribution in [0.15, 0.2) is 83.0 Å². The predicted molar refractivity (Wildman–Crippen MR) is 106 cm³/mol. The van der Waals surface area contributed by atoms with Gasteiger partial charge in [-0.05, 0) is 18.2 Å². The molecule has 0 saturated carbocycles. The van der Waals surface area contributed by atoms with Gasteiger partial charge in [-0.15, -0.1) is 0 Å². The number of benzene rings is 2. The minimum Gasteiger partial charge on any atom is -0.507 e. The van der Waals surface area contributed by atoms with E-state index in [9.17, 15) is 24.8 Å². The highest BCUT2D eigenvalue weighted by Gasteiger charge is 2.48. The van der Waals surface area contributed by atoms with Crippen LogP contribution in [0.1, 0.15) is 22.9 Å². The number of aliphatic hydroxyl groups excluding tert-OH is 1. The summed E-state index contributed by atoms with van der Waals surface area (Å²) in [6.45, 7) is -0.0835. The number of hydrogen-bond acceptors (Lipinski definition) is 6. The summed E-state index contributed by atoms with van der Waals surface area (Å²) < 4.78 is 5.30. The van der Waals surface area contributed by atoms with Crippen LogP contribution in [0.3, 0.4) is 0 Å². The molecule has 8 nitrogen and oxygen atoms in total. The Hall–Kier alpha value is -4.20. The third-order valence-electron chi connectivity index (χ3n) is 4.92. The highest BCUT2D eigenvalue weighted by molar-refractivity contribution is 6.46. The molecule has 0 unspecified atom stereocenters. The zero-order valence-corrected chi connectivity index (χ0v) is 15.6. The summed E-state index contributed by atoms with van der Waals surface area (Å²) in [7, 11) is 0. The molecule has 1 atom stereocenters. The number of furan rings is 1. The number of nitro groups is 1. The van der Waals surface area contributed by atoms with Crippen LogP contribution >= 0.6 is 0 Å². The standard InChI is InChI=1S/C22H16N2O6/c25-20(14-7-2-1-3-8-14)18-19(16-10-4-5-11-17(16)24(28)29)23(22(27)21(18)26)13-15-9-6-12-30-15/h1-12,19,25H,13H2/t19-/m1/s1. The lowest BCUT2D eigenvalue weighted by Gasteiger charge is -2.24. The van der Waals surface area contributed by atoms with Gasteiger partial charge in [0, 0.05) is 11.6 Å². The fraction of sp³-hybridized carbons (Fsp3) is 0.0909. The van der Waals surface area contributed by atoms with E-state index in [1.54, 1.807) is 48.5 Å². The molecule has 8 heteroatoms. The van der Waals surface area contributed by atoms with Gasteiger partial charge < -0.3 is 14.4 Å². The highest BCUT2D eigenvalue weighted by atomic mass is 16.6. The Morgan fingerprint density at radius 1 is 1.03 bits per heavy atom. The molecule has 1 fully saturated rings. The van der Waals surface area contributed by atoms with Crippen molar-refractivity contribution in [2.24, 2.45) is 0 Å². The number of carbonyl (C=O) groups is 2. The summed E-state index contributed by atoms with van der Waals surface area (Å²) in [4.78, 5) is 38.0. The maximum Gasteiger partial charge on any atom is 0.296 e. The molecule has 1 aromatic heterocycles. The second-order valence-corrected chi connectivity index (χ2v) is 6.69. The quantitative estimate of drug-likeness (QED) is 0.227. The van der Waals surface area contributed by atoms with Crippen molar-refractivity contribution in [1.82, 2.24) is 4.90 Å². The van der Waals surface area contributed by atoms with Crippen molar-refractivity contribution in [3.05, 3.63) is 106 Å². The smallest absolute Gasteiger partial charge is 0.296 e. The highest BCUT2D eigenvalue weighted by Crippen LogP contribution is 2.43. The zero-order valence-electron chi connectivity index (χ0n) is 15.6. The molecular weight excluding hydrogens is 388 g/mol. The Bertz CT molecular complexity index is 1150. The summed E-state index contributed by atoms with van der Waals surface area (Å²) >= 11 is 0. The molecule has 1 saturated heterocycles. The topological polar surface area (TPSA) is 114 Å². The van der Waals surface area contributed by atoms with E-state index in [1.807, 2.05) is 0 Å². The molecule has 0 bridgehead atoms. The molecule has 150 valence electrons. The third-order valence-corrected chi connectivity index (χ3v) is 4.92. The van der Waals surface area contributed by atoms with Gasteiger partial charge in [-0.1, -0.05) is 42.5 Å². The van der Waals surface area contributed by atoms with Crippen molar-refractivity contribution < 1.29 is 24.0 Å². The average Bonchev–Trinajstić information content (AvgIpc) is 3.36. The number of likely N-dealkylation sites (tertiary alicyclic amines) is 1. The number of ketones is 1. The summed E-state index contributed by atoms with van der Waals surface area (Å²) in [5.41, 5.74) is 0.00248. The molecule has 0 radical (unpaired) electrons. The molecule has 1 N–H and O–H groups in total. The Morgan fingerprint density at radius 3 is 2.40 bits per heavy atom. The third kappa shape index (κ3) is 3.24. The normalized spacial score (nSPS) is 18.0. The van der Waals surface area contributed by atoms with E-state index in [2.05, 4.69) is 0 Å². The molecule has 2 heterocycles. The maximum atomic E-state index is 12.9. The van der Waals surface area contributed by atoms with E-state index >= 15 is 0 Å².